The molecule has 4 nitrogen and oxygen atoms in total. The molecular weight excluding hydrogens is 204 g/mol. The van der Waals surface area contributed by atoms with Crippen molar-refractivity contribution in [3.05, 3.63) is 0 Å². The molecule has 0 aromatic heterocycles. The SMILES string of the molecule is CC(=O)N[C@@H](CN1CCOC[C@@H]1C)C(C)C. The zero-order valence-corrected chi connectivity index (χ0v) is 10.8. The van der Waals surface area contributed by atoms with Gasteiger partial charge in [-0.1, -0.05) is 13.8 Å². The molecule has 1 N–H and O–H groups in total. The summed E-state index contributed by atoms with van der Waals surface area (Å²) in [5.74, 6) is 0.513. The summed E-state index contributed by atoms with van der Waals surface area (Å²) in [6.45, 7) is 11.5. The minimum absolute atomic E-state index is 0.0552. The van der Waals surface area contributed by atoms with Gasteiger partial charge in [-0.25, -0.2) is 0 Å². The highest BCUT2D eigenvalue weighted by molar-refractivity contribution is 5.73. The summed E-state index contributed by atoms with van der Waals surface area (Å²) in [4.78, 5) is 13.5. The van der Waals surface area contributed by atoms with Crippen molar-refractivity contribution < 1.29 is 9.53 Å². The molecule has 0 bridgehead atoms. The van der Waals surface area contributed by atoms with E-state index in [0.717, 1.165) is 26.3 Å². The van der Waals surface area contributed by atoms with E-state index in [-0.39, 0.29) is 11.9 Å². The molecule has 1 rings (SSSR count). The first-order valence-electron chi connectivity index (χ1n) is 6.09. The van der Waals surface area contributed by atoms with E-state index in [2.05, 4.69) is 31.0 Å². The molecule has 16 heavy (non-hydrogen) atoms. The fourth-order valence-corrected chi connectivity index (χ4v) is 1.97. The van der Waals surface area contributed by atoms with E-state index >= 15 is 0 Å². The van der Waals surface area contributed by atoms with Crippen LogP contribution in [0.15, 0.2) is 0 Å². The molecule has 1 aliphatic rings. The first-order valence-corrected chi connectivity index (χ1v) is 6.09. The van der Waals surface area contributed by atoms with Crippen LogP contribution < -0.4 is 5.32 Å². The van der Waals surface area contributed by atoms with Crippen LogP contribution in [0.2, 0.25) is 0 Å². The lowest BCUT2D eigenvalue weighted by Gasteiger charge is -2.37. The van der Waals surface area contributed by atoms with Gasteiger partial charge in [-0.15, -0.1) is 0 Å². The molecule has 0 unspecified atom stereocenters. The Bertz CT molecular complexity index is 231. The van der Waals surface area contributed by atoms with E-state index in [4.69, 9.17) is 4.74 Å². The van der Waals surface area contributed by atoms with Crippen molar-refractivity contribution in [3.8, 4) is 0 Å². The van der Waals surface area contributed by atoms with Crippen molar-refractivity contribution in [2.75, 3.05) is 26.3 Å². The predicted octanol–water partition coefficient (Wildman–Crippen LogP) is 0.868. The third-order valence-electron chi connectivity index (χ3n) is 3.13. The fourth-order valence-electron chi connectivity index (χ4n) is 1.97. The number of hydrogen-bond donors (Lipinski definition) is 1. The maximum Gasteiger partial charge on any atom is 0.217 e. The van der Waals surface area contributed by atoms with Gasteiger partial charge in [0.25, 0.3) is 0 Å². The number of morpholine rings is 1. The summed E-state index contributed by atoms with van der Waals surface area (Å²) in [6.07, 6.45) is 0. The minimum atomic E-state index is 0.0552. The number of carbonyl (C=O) groups is 1. The van der Waals surface area contributed by atoms with Gasteiger partial charge in [0.15, 0.2) is 0 Å². The van der Waals surface area contributed by atoms with Gasteiger partial charge in [0, 0.05) is 32.1 Å². The van der Waals surface area contributed by atoms with Crippen molar-refractivity contribution in [1.82, 2.24) is 10.2 Å². The average Bonchev–Trinajstić information content (AvgIpc) is 2.19. The Morgan fingerprint density at radius 1 is 1.56 bits per heavy atom. The Kier molecular flexibility index (Phi) is 5.22. The highest BCUT2D eigenvalue weighted by Gasteiger charge is 2.24. The van der Waals surface area contributed by atoms with E-state index < -0.39 is 0 Å². The van der Waals surface area contributed by atoms with E-state index in [1.165, 1.54) is 0 Å². The molecule has 1 saturated heterocycles. The van der Waals surface area contributed by atoms with Gasteiger partial charge >= 0.3 is 0 Å². The second-order valence-electron chi connectivity index (χ2n) is 4.97. The van der Waals surface area contributed by atoms with Crippen LogP contribution in [0, 0.1) is 5.92 Å². The molecule has 4 heteroatoms. The Labute approximate surface area is 98.3 Å². The Balaban J connectivity index is 2.49. The second kappa shape index (κ2) is 6.21. The molecule has 0 saturated carbocycles. The van der Waals surface area contributed by atoms with Gasteiger partial charge in [-0.2, -0.15) is 0 Å². The van der Waals surface area contributed by atoms with Crippen molar-refractivity contribution >= 4 is 5.91 Å². The van der Waals surface area contributed by atoms with Crippen LogP contribution in [-0.4, -0.2) is 49.2 Å². The third-order valence-corrected chi connectivity index (χ3v) is 3.13. The van der Waals surface area contributed by atoms with Gasteiger partial charge < -0.3 is 10.1 Å². The van der Waals surface area contributed by atoms with Crippen molar-refractivity contribution in [2.45, 2.75) is 39.8 Å². The summed E-state index contributed by atoms with van der Waals surface area (Å²) in [6, 6.07) is 0.682. The largest absolute Gasteiger partial charge is 0.379 e. The predicted molar refractivity (Wildman–Crippen MR) is 64.3 cm³/mol. The standard InChI is InChI=1S/C12H24N2O2/c1-9(2)12(13-11(4)15)7-14-5-6-16-8-10(14)3/h9-10,12H,5-8H2,1-4H3,(H,13,15)/t10-,12-/m0/s1. The molecule has 0 aromatic carbocycles. The highest BCUT2D eigenvalue weighted by atomic mass is 16.5. The monoisotopic (exact) mass is 228 g/mol. The summed E-state index contributed by atoms with van der Waals surface area (Å²) < 4.78 is 5.41. The number of amides is 1. The van der Waals surface area contributed by atoms with E-state index in [0.29, 0.717) is 12.0 Å². The summed E-state index contributed by atoms with van der Waals surface area (Å²) in [5.41, 5.74) is 0. The first-order chi connectivity index (χ1) is 7.50. The minimum Gasteiger partial charge on any atom is -0.379 e. The molecule has 0 aliphatic carbocycles. The first kappa shape index (κ1) is 13.5. The number of nitrogens with zero attached hydrogens (tertiary/aromatic N) is 1. The fraction of sp³-hybridized carbons (Fsp3) is 0.917. The zero-order chi connectivity index (χ0) is 12.1. The van der Waals surface area contributed by atoms with Crippen LogP contribution in [-0.2, 0) is 9.53 Å². The van der Waals surface area contributed by atoms with E-state index in [1.807, 2.05) is 0 Å². The topological polar surface area (TPSA) is 41.6 Å². The van der Waals surface area contributed by atoms with Crippen LogP contribution in [0.1, 0.15) is 27.7 Å². The Hall–Kier alpha value is -0.610. The number of nitrogens with one attached hydrogen (secondary N) is 1. The summed E-state index contributed by atoms with van der Waals surface area (Å²) in [7, 11) is 0. The molecule has 0 aromatic rings. The number of ether oxygens (including phenoxy) is 1. The lowest BCUT2D eigenvalue weighted by atomic mass is 10.0. The van der Waals surface area contributed by atoms with Crippen LogP contribution in [0.5, 0.6) is 0 Å². The molecule has 1 fully saturated rings. The maximum atomic E-state index is 11.1. The molecule has 1 heterocycles. The van der Waals surface area contributed by atoms with Crippen LogP contribution in [0.25, 0.3) is 0 Å². The van der Waals surface area contributed by atoms with Gasteiger partial charge in [0.05, 0.1) is 13.2 Å². The van der Waals surface area contributed by atoms with Crippen LogP contribution in [0.4, 0.5) is 0 Å². The van der Waals surface area contributed by atoms with Gasteiger partial charge in [-0.05, 0) is 12.8 Å². The average molecular weight is 228 g/mol. The highest BCUT2D eigenvalue weighted by Crippen LogP contribution is 2.10. The maximum absolute atomic E-state index is 11.1. The molecular formula is C12H24N2O2. The quantitative estimate of drug-likeness (QED) is 0.776. The molecule has 2 atom stereocenters. The van der Waals surface area contributed by atoms with Crippen molar-refractivity contribution in [1.29, 1.82) is 0 Å². The molecule has 1 amide bonds. The Morgan fingerprint density at radius 2 is 2.25 bits per heavy atom. The molecule has 94 valence electrons. The smallest absolute Gasteiger partial charge is 0.217 e. The Morgan fingerprint density at radius 3 is 2.75 bits per heavy atom. The van der Waals surface area contributed by atoms with Gasteiger partial charge in [-0.3, -0.25) is 9.69 Å². The van der Waals surface area contributed by atoms with E-state index in [9.17, 15) is 4.79 Å². The molecule has 1 aliphatic heterocycles. The van der Waals surface area contributed by atoms with Gasteiger partial charge in [0.1, 0.15) is 0 Å². The number of carbonyl (C=O) groups excluding carboxylic acids is 1. The van der Waals surface area contributed by atoms with Crippen molar-refractivity contribution in [3.63, 3.8) is 0 Å². The van der Waals surface area contributed by atoms with Gasteiger partial charge in [0.2, 0.25) is 5.91 Å². The number of rotatable bonds is 4. The summed E-state index contributed by atoms with van der Waals surface area (Å²) in [5, 5.41) is 3.03. The third kappa shape index (κ3) is 4.10. The van der Waals surface area contributed by atoms with E-state index in [1.54, 1.807) is 6.92 Å². The normalized spacial score (nSPS) is 24.4. The zero-order valence-electron chi connectivity index (χ0n) is 10.8. The lowest BCUT2D eigenvalue weighted by Crippen LogP contribution is -2.52. The van der Waals surface area contributed by atoms with Crippen LogP contribution in [0.3, 0.4) is 0 Å². The lowest BCUT2D eigenvalue weighted by molar-refractivity contribution is -0.120. The van der Waals surface area contributed by atoms with Crippen LogP contribution >= 0.6 is 0 Å². The molecule has 0 radical (unpaired) electrons. The number of hydrogen-bond acceptors (Lipinski definition) is 3. The molecule has 0 spiro atoms. The second-order valence-corrected chi connectivity index (χ2v) is 4.97. The van der Waals surface area contributed by atoms with Crippen molar-refractivity contribution in [2.24, 2.45) is 5.92 Å². The summed E-state index contributed by atoms with van der Waals surface area (Å²) >= 11 is 0.